The van der Waals surface area contributed by atoms with E-state index in [1.165, 1.54) is 5.56 Å². The SMILES string of the molecule is CCC(C(N)c1ccccc1)N(CC)C(C)C. The van der Waals surface area contributed by atoms with Crippen molar-refractivity contribution in [1.82, 2.24) is 4.90 Å². The lowest BCUT2D eigenvalue weighted by atomic mass is 9.96. The lowest BCUT2D eigenvalue weighted by Crippen LogP contribution is -2.46. The van der Waals surface area contributed by atoms with E-state index in [-0.39, 0.29) is 6.04 Å². The van der Waals surface area contributed by atoms with Crippen LogP contribution in [0.5, 0.6) is 0 Å². The molecule has 0 radical (unpaired) electrons. The third-order valence-corrected chi connectivity index (χ3v) is 3.47. The van der Waals surface area contributed by atoms with Gasteiger partial charge in [0.25, 0.3) is 0 Å². The molecule has 0 bridgehead atoms. The highest BCUT2D eigenvalue weighted by atomic mass is 15.2. The van der Waals surface area contributed by atoms with Gasteiger partial charge in [-0.3, -0.25) is 4.90 Å². The zero-order valence-electron chi connectivity index (χ0n) is 11.6. The van der Waals surface area contributed by atoms with Crippen LogP contribution < -0.4 is 5.73 Å². The largest absolute Gasteiger partial charge is 0.323 e. The predicted octanol–water partition coefficient (Wildman–Crippen LogP) is 3.20. The molecule has 17 heavy (non-hydrogen) atoms. The van der Waals surface area contributed by atoms with Crippen molar-refractivity contribution in [2.75, 3.05) is 6.54 Å². The maximum Gasteiger partial charge on any atom is 0.0453 e. The van der Waals surface area contributed by atoms with Crippen molar-refractivity contribution in [2.45, 2.75) is 52.2 Å². The van der Waals surface area contributed by atoms with E-state index in [4.69, 9.17) is 5.73 Å². The van der Waals surface area contributed by atoms with Gasteiger partial charge in [0.2, 0.25) is 0 Å². The molecule has 2 unspecified atom stereocenters. The van der Waals surface area contributed by atoms with Crippen LogP contribution in [-0.2, 0) is 0 Å². The maximum absolute atomic E-state index is 6.42. The van der Waals surface area contributed by atoms with Crippen LogP contribution in [0.25, 0.3) is 0 Å². The summed E-state index contributed by atoms with van der Waals surface area (Å²) in [5.74, 6) is 0. The van der Waals surface area contributed by atoms with Gasteiger partial charge in [-0.05, 0) is 32.4 Å². The second-order valence-electron chi connectivity index (χ2n) is 4.84. The van der Waals surface area contributed by atoms with E-state index in [1.807, 2.05) is 6.07 Å². The van der Waals surface area contributed by atoms with Crippen LogP contribution in [0.15, 0.2) is 30.3 Å². The summed E-state index contributed by atoms with van der Waals surface area (Å²) in [6.07, 6.45) is 1.09. The molecule has 0 fully saturated rings. The Kier molecular flexibility index (Phi) is 5.66. The summed E-state index contributed by atoms with van der Waals surface area (Å²) in [6.45, 7) is 9.96. The number of likely N-dealkylation sites (N-methyl/N-ethyl adjacent to an activating group) is 1. The van der Waals surface area contributed by atoms with Crippen molar-refractivity contribution in [2.24, 2.45) is 5.73 Å². The van der Waals surface area contributed by atoms with Crippen LogP contribution in [0.2, 0.25) is 0 Å². The van der Waals surface area contributed by atoms with Crippen LogP contribution in [0.4, 0.5) is 0 Å². The molecule has 1 aromatic rings. The standard InChI is InChI=1S/C15H26N2/c1-5-14(17(6-2)12(3)4)15(16)13-10-8-7-9-11-13/h7-12,14-15H,5-6,16H2,1-4H3. The Morgan fingerprint density at radius 3 is 2.12 bits per heavy atom. The summed E-state index contributed by atoms with van der Waals surface area (Å²) in [5.41, 5.74) is 7.66. The molecule has 2 N–H and O–H groups in total. The van der Waals surface area contributed by atoms with Gasteiger partial charge in [-0.1, -0.05) is 44.2 Å². The Bertz CT molecular complexity index is 308. The number of nitrogens with zero attached hydrogens (tertiary/aromatic N) is 1. The number of nitrogens with two attached hydrogens (primary N) is 1. The van der Waals surface area contributed by atoms with Crippen LogP contribution in [0.3, 0.4) is 0 Å². The minimum Gasteiger partial charge on any atom is -0.323 e. The molecule has 2 atom stereocenters. The van der Waals surface area contributed by atoms with Gasteiger partial charge in [-0.25, -0.2) is 0 Å². The first-order valence-electron chi connectivity index (χ1n) is 6.68. The summed E-state index contributed by atoms with van der Waals surface area (Å²) in [5, 5.41) is 0. The van der Waals surface area contributed by atoms with Crippen molar-refractivity contribution in [1.29, 1.82) is 0 Å². The summed E-state index contributed by atoms with van der Waals surface area (Å²) < 4.78 is 0. The molecule has 0 spiro atoms. The van der Waals surface area contributed by atoms with Crippen molar-refractivity contribution in [3.63, 3.8) is 0 Å². The minimum atomic E-state index is 0.101. The monoisotopic (exact) mass is 234 g/mol. The molecule has 0 heterocycles. The molecule has 96 valence electrons. The maximum atomic E-state index is 6.42. The lowest BCUT2D eigenvalue weighted by Gasteiger charge is -2.37. The fourth-order valence-corrected chi connectivity index (χ4v) is 2.57. The molecular formula is C15H26N2. The molecule has 0 amide bonds. The molecule has 0 saturated heterocycles. The third kappa shape index (κ3) is 3.55. The topological polar surface area (TPSA) is 29.3 Å². The van der Waals surface area contributed by atoms with Gasteiger partial charge >= 0.3 is 0 Å². The second kappa shape index (κ2) is 6.77. The molecule has 0 aromatic heterocycles. The van der Waals surface area contributed by atoms with E-state index in [0.717, 1.165) is 13.0 Å². The Hall–Kier alpha value is -0.860. The smallest absolute Gasteiger partial charge is 0.0453 e. The van der Waals surface area contributed by atoms with E-state index >= 15 is 0 Å². The van der Waals surface area contributed by atoms with Crippen molar-refractivity contribution in [3.05, 3.63) is 35.9 Å². The highest BCUT2D eigenvalue weighted by Gasteiger charge is 2.25. The van der Waals surface area contributed by atoms with Gasteiger partial charge in [0.1, 0.15) is 0 Å². The molecule has 1 rings (SSSR count). The van der Waals surface area contributed by atoms with Gasteiger partial charge in [-0.2, -0.15) is 0 Å². The zero-order chi connectivity index (χ0) is 12.8. The van der Waals surface area contributed by atoms with E-state index in [1.54, 1.807) is 0 Å². The quantitative estimate of drug-likeness (QED) is 0.819. The van der Waals surface area contributed by atoms with E-state index < -0.39 is 0 Å². The normalized spacial score (nSPS) is 15.2. The number of hydrogen-bond donors (Lipinski definition) is 1. The average molecular weight is 234 g/mol. The molecule has 2 nitrogen and oxygen atoms in total. The predicted molar refractivity (Wildman–Crippen MR) is 75.0 cm³/mol. The van der Waals surface area contributed by atoms with Gasteiger partial charge < -0.3 is 5.73 Å². The number of hydrogen-bond acceptors (Lipinski definition) is 2. The van der Waals surface area contributed by atoms with Gasteiger partial charge in [0.15, 0.2) is 0 Å². The van der Waals surface area contributed by atoms with Crippen molar-refractivity contribution >= 4 is 0 Å². The first-order valence-corrected chi connectivity index (χ1v) is 6.68. The van der Waals surface area contributed by atoms with E-state index in [2.05, 4.69) is 56.9 Å². The van der Waals surface area contributed by atoms with Gasteiger partial charge in [0.05, 0.1) is 0 Å². The Balaban J connectivity index is 2.86. The van der Waals surface area contributed by atoms with Crippen LogP contribution in [0, 0.1) is 0 Å². The molecule has 0 aliphatic heterocycles. The van der Waals surface area contributed by atoms with Gasteiger partial charge in [0, 0.05) is 18.1 Å². The molecule has 1 aromatic carbocycles. The average Bonchev–Trinajstić information content (AvgIpc) is 2.35. The minimum absolute atomic E-state index is 0.101. The Morgan fingerprint density at radius 1 is 1.12 bits per heavy atom. The fourth-order valence-electron chi connectivity index (χ4n) is 2.57. The lowest BCUT2D eigenvalue weighted by molar-refractivity contribution is 0.135. The summed E-state index contributed by atoms with van der Waals surface area (Å²) >= 11 is 0. The highest BCUT2D eigenvalue weighted by molar-refractivity contribution is 5.20. The molecule has 2 heteroatoms. The second-order valence-corrected chi connectivity index (χ2v) is 4.84. The van der Waals surface area contributed by atoms with E-state index in [9.17, 15) is 0 Å². The zero-order valence-corrected chi connectivity index (χ0v) is 11.6. The molecular weight excluding hydrogens is 208 g/mol. The number of rotatable bonds is 6. The van der Waals surface area contributed by atoms with Crippen LogP contribution in [0.1, 0.15) is 45.7 Å². The van der Waals surface area contributed by atoms with Crippen molar-refractivity contribution in [3.8, 4) is 0 Å². The number of benzene rings is 1. The van der Waals surface area contributed by atoms with Crippen molar-refractivity contribution < 1.29 is 0 Å². The highest BCUT2D eigenvalue weighted by Crippen LogP contribution is 2.22. The third-order valence-electron chi connectivity index (χ3n) is 3.47. The van der Waals surface area contributed by atoms with Gasteiger partial charge in [-0.15, -0.1) is 0 Å². The Morgan fingerprint density at radius 2 is 1.71 bits per heavy atom. The van der Waals surface area contributed by atoms with Crippen LogP contribution >= 0.6 is 0 Å². The molecule has 0 saturated carbocycles. The Labute approximate surface area is 106 Å². The molecule has 0 aliphatic rings. The van der Waals surface area contributed by atoms with E-state index in [0.29, 0.717) is 12.1 Å². The summed E-state index contributed by atoms with van der Waals surface area (Å²) in [6, 6.07) is 11.5. The summed E-state index contributed by atoms with van der Waals surface area (Å²) in [7, 11) is 0. The first-order chi connectivity index (χ1) is 8.11. The molecule has 0 aliphatic carbocycles. The fraction of sp³-hybridized carbons (Fsp3) is 0.600. The van der Waals surface area contributed by atoms with Crippen LogP contribution in [-0.4, -0.2) is 23.5 Å². The summed E-state index contributed by atoms with van der Waals surface area (Å²) in [4.78, 5) is 2.48. The first kappa shape index (κ1) is 14.2.